The van der Waals surface area contributed by atoms with Crippen molar-refractivity contribution < 1.29 is 24.0 Å². The highest BCUT2D eigenvalue weighted by atomic mass is 16.2. The molecule has 1 atom stereocenters. The molecule has 0 bridgehead atoms. The minimum atomic E-state index is -0.973. The van der Waals surface area contributed by atoms with Gasteiger partial charge in [0.1, 0.15) is 11.6 Å². The summed E-state index contributed by atoms with van der Waals surface area (Å²) in [6.07, 6.45) is 13.7. The molecule has 5 aromatic rings. The number of hydrogen-bond donors (Lipinski definition) is 2. The van der Waals surface area contributed by atoms with Gasteiger partial charge in [-0.1, -0.05) is 0 Å². The predicted molar refractivity (Wildman–Crippen MR) is 201 cm³/mol. The standard InChI is InChI=1S/C40H40N10O5/c1-46(27-20-47(21-27)26-9-10-28-30(16-26)40(55)50(39(28)54)34-11-12-35(51)44-38(34)53)24-5-7-25(8-6-24)49-19-23-15-33(29(22-3-4-22)17-32(23)45-49)43-37(52)31-18-42-48-14-2-13-41-36(31)48/h2,9-10,13-19,22,24-25,27,34H,3-8,11-12,20-21H2,1H3,(H,43,52)(H,44,51,53)/t24-,25-,34?. The van der Waals surface area contributed by atoms with Gasteiger partial charge in [0, 0.05) is 66.9 Å². The Hall–Kier alpha value is -5.96. The van der Waals surface area contributed by atoms with Crippen LogP contribution in [0.5, 0.6) is 0 Å². The summed E-state index contributed by atoms with van der Waals surface area (Å²) in [5, 5.41) is 15.7. The van der Waals surface area contributed by atoms with E-state index in [0.29, 0.717) is 46.4 Å². The Morgan fingerprint density at radius 3 is 2.51 bits per heavy atom. The van der Waals surface area contributed by atoms with Crippen LogP contribution in [0, 0.1) is 0 Å². The Bertz CT molecular complexity index is 2440. The smallest absolute Gasteiger partial charge is 0.262 e. The molecule has 15 heteroatoms. The second kappa shape index (κ2) is 12.8. The van der Waals surface area contributed by atoms with Gasteiger partial charge in [0.2, 0.25) is 11.8 Å². The average Bonchev–Trinajstić information content (AvgIpc) is 3.70. The second-order valence-corrected chi connectivity index (χ2v) is 15.6. The zero-order valence-corrected chi connectivity index (χ0v) is 30.4. The second-order valence-electron chi connectivity index (χ2n) is 15.6. The maximum atomic E-state index is 13.4. The predicted octanol–water partition coefficient (Wildman–Crippen LogP) is 3.91. The van der Waals surface area contributed by atoms with Gasteiger partial charge in [-0.2, -0.15) is 10.2 Å². The first kappa shape index (κ1) is 33.6. The molecule has 10 rings (SSSR count). The van der Waals surface area contributed by atoms with Gasteiger partial charge in [0.05, 0.1) is 28.9 Å². The van der Waals surface area contributed by atoms with Crippen LogP contribution < -0.4 is 15.5 Å². The quantitative estimate of drug-likeness (QED) is 0.223. The van der Waals surface area contributed by atoms with Crippen LogP contribution in [0.2, 0.25) is 0 Å². The summed E-state index contributed by atoms with van der Waals surface area (Å²) < 4.78 is 3.73. The molecule has 1 unspecified atom stereocenters. The molecule has 2 saturated carbocycles. The summed E-state index contributed by atoms with van der Waals surface area (Å²) in [5.41, 5.74) is 5.34. The molecule has 5 amide bonds. The van der Waals surface area contributed by atoms with Crippen molar-refractivity contribution in [2.75, 3.05) is 30.4 Å². The zero-order chi connectivity index (χ0) is 37.5. The van der Waals surface area contributed by atoms with E-state index >= 15 is 0 Å². The topological polar surface area (TPSA) is 167 Å². The summed E-state index contributed by atoms with van der Waals surface area (Å²) in [6, 6.07) is 11.5. The maximum Gasteiger partial charge on any atom is 0.262 e. The van der Waals surface area contributed by atoms with Crippen LogP contribution in [-0.4, -0.2) is 102 Å². The number of nitrogens with zero attached hydrogens (tertiary/aromatic N) is 8. The van der Waals surface area contributed by atoms with Gasteiger partial charge in [0.25, 0.3) is 17.7 Å². The Kier molecular flexibility index (Phi) is 7.83. The van der Waals surface area contributed by atoms with Gasteiger partial charge < -0.3 is 10.2 Å². The van der Waals surface area contributed by atoms with E-state index in [1.165, 1.54) is 0 Å². The van der Waals surface area contributed by atoms with E-state index in [4.69, 9.17) is 5.10 Å². The number of hydrogen-bond acceptors (Lipinski definition) is 10. The van der Waals surface area contributed by atoms with Crippen LogP contribution in [0.25, 0.3) is 16.6 Å². The number of imide groups is 2. The van der Waals surface area contributed by atoms with E-state index in [1.54, 1.807) is 41.3 Å². The van der Waals surface area contributed by atoms with Crippen molar-refractivity contribution in [1.82, 2.24) is 39.5 Å². The monoisotopic (exact) mass is 740 g/mol. The van der Waals surface area contributed by atoms with Crippen molar-refractivity contribution in [2.45, 2.75) is 81.5 Å². The van der Waals surface area contributed by atoms with Crippen molar-refractivity contribution in [3.8, 4) is 0 Å². The summed E-state index contributed by atoms with van der Waals surface area (Å²) in [6.45, 7) is 1.63. The van der Waals surface area contributed by atoms with Crippen molar-refractivity contribution in [3.05, 3.63) is 83.4 Å². The van der Waals surface area contributed by atoms with E-state index in [2.05, 4.69) is 60.6 Å². The third-order valence-corrected chi connectivity index (χ3v) is 12.3. The molecule has 2 aliphatic carbocycles. The highest BCUT2D eigenvalue weighted by molar-refractivity contribution is 6.23. The number of benzene rings is 2. The lowest BCUT2D eigenvalue weighted by molar-refractivity contribution is -0.136. The minimum absolute atomic E-state index is 0.0922. The number of likely N-dealkylation sites (N-methyl/N-ethyl adjacent to an activating group) is 1. The number of amides is 5. The van der Waals surface area contributed by atoms with Crippen LogP contribution in [0.3, 0.4) is 0 Å². The fourth-order valence-electron chi connectivity index (χ4n) is 8.92. The molecule has 4 fully saturated rings. The van der Waals surface area contributed by atoms with Gasteiger partial charge >= 0.3 is 0 Å². The molecule has 0 radical (unpaired) electrons. The first-order chi connectivity index (χ1) is 26.7. The molecular formula is C40H40N10O5. The summed E-state index contributed by atoms with van der Waals surface area (Å²) in [7, 11) is 2.20. The number of piperidine rings is 1. The Morgan fingerprint density at radius 2 is 1.73 bits per heavy atom. The SMILES string of the molecule is CN(C1CN(c2ccc3c(c2)C(=O)N(C2CCC(=O)NC2=O)C3=O)C1)[C@H]1CC[C@H](n2cc3cc(NC(=O)c4cnn5cccnc45)c(C4CC4)cc3n2)CC1. The van der Waals surface area contributed by atoms with Crippen LogP contribution in [0.15, 0.2) is 61.2 Å². The summed E-state index contributed by atoms with van der Waals surface area (Å²) in [4.78, 5) is 74.0. The van der Waals surface area contributed by atoms with Crippen LogP contribution in [0.4, 0.5) is 11.4 Å². The highest BCUT2D eigenvalue weighted by Gasteiger charge is 2.45. The van der Waals surface area contributed by atoms with E-state index < -0.39 is 29.7 Å². The van der Waals surface area contributed by atoms with Crippen LogP contribution >= 0.6 is 0 Å². The number of nitrogens with one attached hydrogen (secondary N) is 2. The largest absolute Gasteiger partial charge is 0.368 e. The first-order valence-corrected chi connectivity index (χ1v) is 19.1. The lowest BCUT2D eigenvalue weighted by Crippen LogP contribution is -2.61. The van der Waals surface area contributed by atoms with Crippen molar-refractivity contribution >= 4 is 57.5 Å². The molecule has 55 heavy (non-hydrogen) atoms. The normalized spacial score (nSPS) is 23.1. The molecule has 15 nitrogen and oxygen atoms in total. The van der Waals surface area contributed by atoms with E-state index in [1.807, 2.05) is 6.07 Å². The Balaban J connectivity index is 0.767. The number of aromatic nitrogens is 5. The van der Waals surface area contributed by atoms with Gasteiger partial charge in [0.15, 0.2) is 5.65 Å². The maximum absolute atomic E-state index is 13.4. The van der Waals surface area contributed by atoms with Gasteiger partial charge in [-0.15, -0.1) is 0 Å². The molecular weight excluding hydrogens is 701 g/mol. The molecule has 6 heterocycles. The molecule has 5 aliphatic rings. The van der Waals surface area contributed by atoms with Crippen LogP contribution in [0.1, 0.15) is 100.0 Å². The molecule has 280 valence electrons. The third kappa shape index (κ3) is 5.75. The minimum Gasteiger partial charge on any atom is -0.368 e. The van der Waals surface area contributed by atoms with Crippen molar-refractivity contribution in [3.63, 3.8) is 0 Å². The van der Waals surface area contributed by atoms with Crippen LogP contribution in [-0.2, 0) is 9.59 Å². The highest BCUT2D eigenvalue weighted by Crippen LogP contribution is 2.45. The number of fused-ring (bicyclic) bond motifs is 3. The third-order valence-electron chi connectivity index (χ3n) is 12.3. The summed E-state index contributed by atoms with van der Waals surface area (Å²) in [5.74, 6) is -1.78. The Labute approximate surface area is 315 Å². The van der Waals surface area contributed by atoms with E-state index in [0.717, 1.165) is 84.4 Å². The van der Waals surface area contributed by atoms with E-state index in [9.17, 15) is 24.0 Å². The van der Waals surface area contributed by atoms with E-state index in [-0.39, 0.29) is 18.7 Å². The van der Waals surface area contributed by atoms with Gasteiger partial charge in [-0.05, 0) is 99.9 Å². The van der Waals surface area contributed by atoms with Crippen molar-refractivity contribution in [1.29, 1.82) is 0 Å². The zero-order valence-electron chi connectivity index (χ0n) is 30.4. The number of carbonyl (C=O) groups excluding carboxylic acids is 5. The summed E-state index contributed by atoms with van der Waals surface area (Å²) >= 11 is 0. The molecule has 3 aliphatic heterocycles. The first-order valence-electron chi connectivity index (χ1n) is 19.1. The molecule has 0 spiro atoms. The van der Waals surface area contributed by atoms with Gasteiger partial charge in [-0.3, -0.25) is 43.8 Å². The fraction of sp³-hybridized carbons (Fsp3) is 0.400. The van der Waals surface area contributed by atoms with Crippen molar-refractivity contribution in [2.24, 2.45) is 0 Å². The molecule has 2 N–H and O–H groups in total. The number of anilines is 2. The molecule has 3 aromatic heterocycles. The average molecular weight is 741 g/mol. The lowest BCUT2D eigenvalue weighted by Gasteiger charge is -2.49. The lowest BCUT2D eigenvalue weighted by atomic mass is 9.89. The molecule has 2 aromatic carbocycles. The fourth-order valence-corrected chi connectivity index (χ4v) is 8.92. The number of rotatable bonds is 8. The molecule has 2 saturated heterocycles. The van der Waals surface area contributed by atoms with Gasteiger partial charge in [-0.25, -0.2) is 9.50 Å². The number of carbonyl (C=O) groups is 5. The Morgan fingerprint density at radius 1 is 0.927 bits per heavy atom.